The molecule has 0 aromatic heterocycles. The number of hydrogen-bond acceptors (Lipinski definition) is 2. The zero-order valence-electron chi connectivity index (χ0n) is 11.1. The number of fused-ring (bicyclic) bond motifs is 1. The van der Waals surface area contributed by atoms with Crippen LogP contribution in [0.25, 0.3) is 10.8 Å². The standard InChI is InChI=1S/C17H13ClFNO/c18-12-8-7-11(15(19)9-12)10-20-16-5-1-4-14-13(16)3-2-6-17(14)21/h1-9,20-21H,10H2. The molecule has 0 aliphatic rings. The second-order valence-corrected chi connectivity index (χ2v) is 5.20. The molecular weight excluding hydrogens is 289 g/mol. The van der Waals surface area contributed by atoms with Gasteiger partial charge in [0.1, 0.15) is 11.6 Å². The van der Waals surface area contributed by atoms with Crippen molar-refractivity contribution in [2.24, 2.45) is 0 Å². The molecule has 106 valence electrons. The molecule has 3 aromatic rings. The van der Waals surface area contributed by atoms with Crippen molar-refractivity contribution in [3.8, 4) is 5.75 Å². The Hall–Kier alpha value is -2.26. The predicted molar refractivity (Wildman–Crippen MR) is 84.3 cm³/mol. The van der Waals surface area contributed by atoms with E-state index in [2.05, 4.69) is 5.32 Å². The molecule has 3 aromatic carbocycles. The molecule has 0 unspecified atom stereocenters. The second kappa shape index (κ2) is 5.62. The summed E-state index contributed by atoms with van der Waals surface area (Å²) in [6.45, 7) is 0.345. The van der Waals surface area contributed by atoms with Gasteiger partial charge in [-0.1, -0.05) is 41.9 Å². The van der Waals surface area contributed by atoms with Crippen molar-refractivity contribution in [1.82, 2.24) is 0 Å². The van der Waals surface area contributed by atoms with Crippen LogP contribution in [0.5, 0.6) is 5.75 Å². The van der Waals surface area contributed by atoms with E-state index >= 15 is 0 Å². The lowest BCUT2D eigenvalue weighted by Crippen LogP contribution is -2.02. The summed E-state index contributed by atoms with van der Waals surface area (Å²) in [5, 5.41) is 15.1. The van der Waals surface area contributed by atoms with Gasteiger partial charge in [-0.25, -0.2) is 4.39 Å². The molecule has 4 heteroatoms. The van der Waals surface area contributed by atoms with Gasteiger partial charge in [-0.2, -0.15) is 0 Å². The van der Waals surface area contributed by atoms with Crippen molar-refractivity contribution < 1.29 is 9.50 Å². The van der Waals surface area contributed by atoms with Gasteiger partial charge < -0.3 is 10.4 Å². The minimum Gasteiger partial charge on any atom is -0.507 e. The summed E-state index contributed by atoms with van der Waals surface area (Å²) < 4.78 is 13.8. The molecule has 0 fully saturated rings. The van der Waals surface area contributed by atoms with Crippen molar-refractivity contribution in [2.45, 2.75) is 6.54 Å². The van der Waals surface area contributed by atoms with Crippen molar-refractivity contribution in [3.63, 3.8) is 0 Å². The molecule has 0 aliphatic carbocycles. The van der Waals surface area contributed by atoms with Crippen molar-refractivity contribution >= 4 is 28.1 Å². The highest BCUT2D eigenvalue weighted by Crippen LogP contribution is 2.30. The molecule has 2 nitrogen and oxygen atoms in total. The summed E-state index contributed by atoms with van der Waals surface area (Å²) in [4.78, 5) is 0. The highest BCUT2D eigenvalue weighted by Gasteiger charge is 2.06. The number of hydrogen-bond donors (Lipinski definition) is 2. The van der Waals surface area contributed by atoms with Gasteiger partial charge in [0.2, 0.25) is 0 Å². The lowest BCUT2D eigenvalue weighted by molar-refractivity contribution is 0.481. The minimum atomic E-state index is -0.335. The van der Waals surface area contributed by atoms with Gasteiger partial charge in [0.15, 0.2) is 0 Å². The van der Waals surface area contributed by atoms with Gasteiger partial charge in [0.25, 0.3) is 0 Å². The highest BCUT2D eigenvalue weighted by atomic mass is 35.5. The summed E-state index contributed by atoms with van der Waals surface area (Å²) in [7, 11) is 0. The van der Waals surface area contributed by atoms with Crippen molar-refractivity contribution in [3.05, 3.63) is 71.0 Å². The number of rotatable bonds is 3. The van der Waals surface area contributed by atoms with E-state index in [1.54, 1.807) is 24.3 Å². The van der Waals surface area contributed by atoms with Gasteiger partial charge in [-0.05, 0) is 24.3 Å². The van der Waals surface area contributed by atoms with E-state index < -0.39 is 0 Å². The van der Waals surface area contributed by atoms with E-state index in [0.29, 0.717) is 17.1 Å². The van der Waals surface area contributed by atoms with Crippen LogP contribution in [0.2, 0.25) is 5.02 Å². The maximum Gasteiger partial charge on any atom is 0.129 e. The molecule has 0 radical (unpaired) electrons. The van der Waals surface area contributed by atoms with Crippen LogP contribution < -0.4 is 5.32 Å². The molecule has 0 aliphatic heterocycles. The monoisotopic (exact) mass is 301 g/mol. The van der Waals surface area contributed by atoms with E-state index in [1.807, 2.05) is 24.3 Å². The third kappa shape index (κ3) is 2.78. The maximum atomic E-state index is 13.8. The first-order chi connectivity index (χ1) is 10.1. The molecule has 0 bridgehead atoms. The maximum absolute atomic E-state index is 13.8. The van der Waals surface area contributed by atoms with Gasteiger partial charge in [-0.15, -0.1) is 0 Å². The first kappa shape index (κ1) is 13.7. The summed E-state index contributed by atoms with van der Waals surface area (Å²) in [6.07, 6.45) is 0. The van der Waals surface area contributed by atoms with E-state index in [9.17, 15) is 9.50 Å². The Kier molecular flexibility index (Phi) is 3.67. The van der Waals surface area contributed by atoms with Gasteiger partial charge in [0.05, 0.1) is 0 Å². The topological polar surface area (TPSA) is 32.3 Å². The molecule has 0 amide bonds. The molecule has 0 atom stereocenters. The number of phenolic OH excluding ortho intramolecular Hbond substituents is 1. The van der Waals surface area contributed by atoms with Crippen LogP contribution in [0, 0.1) is 5.82 Å². The number of nitrogens with one attached hydrogen (secondary N) is 1. The first-order valence-electron chi connectivity index (χ1n) is 6.53. The van der Waals surface area contributed by atoms with Crippen LogP contribution >= 0.6 is 11.6 Å². The van der Waals surface area contributed by atoms with E-state index in [0.717, 1.165) is 16.5 Å². The predicted octanol–water partition coefficient (Wildman–Crippen LogP) is 4.95. The average Bonchev–Trinajstić information content (AvgIpc) is 2.47. The molecular formula is C17H13ClFNO. The Morgan fingerprint density at radius 1 is 1.00 bits per heavy atom. The van der Waals surface area contributed by atoms with Crippen molar-refractivity contribution in [2.75, 3.05) is 5.32 Å². The zero-order valence-corrected chi connectivity index (χ0v) is 11.9. The number of anilines is 1. The quantitative estimate of drug-likeness (QED) is 0.717. The van der Waals surface area contributed by atoms with Crippen LogP contribution in [0.4, 0.5) is 10.1 Å². The third-order valence-corrected chi connectivity index (χ3v) is 3.62. The van der Waals surface area contributed by atoms with E-state index in [-0.39, 0.29) is 11.6 Å². The fourth-order valence-electron chi connectivity index (χ4n) is 2.30. The summed E-state index contributed by atoms with van der Waals surface area (Å²) >= 11 is 5.74. The van der Waals surface area contributed by atoms with Gasteiger partial charge in [0, 0.05) is 33.6 Å². The molecule has 21 heavy (non-hydrogen) atoms. The number of benzene rings is 3. The summed E-state index contributed by atoms with van der Waals surface area (Å²) in [5.74, 6) is -0.105. The van der Waals surface area contributed by atoms with E-state index in [4.69, 9.17) is 11.6 Å². The Balaban J connectivity index is 1.90. The lowest BCUT2D eigenvalue weighted by atomic mass is 10.1. The smallest absolute Gasteiger partial charge is 0.129 e. The minimum absolute atomic E-state index is 0.230. The average molecular weight is 302 g/mol. The molecule has 0 saturated heterocycles. The third-order valence-electron chi connectivity index (χ3n) is 3.38. The Morgan fingerprint density at radius 3 is 2.57 bits per heavy atom. The SMILES string of the molecule is Oc1cccc2c(NCc3ccc(Cl)cc3F)cccc12. The van der Waals surface area contributed by atoms with Crippen LogP contribution in [-0.2, 0) is 6.54 Å². The highest BCUT2D eigenvalue weighted by molar-refractivity contribution is 6.30. The number of aromatic hydroxyl groups is 1. The number of phenols is 1. The van der Waals surface area contributed by atoms with Gasteiger partial charge in [-0.3, -0.25) is 0 Å². The fraction of sp³-hybridized carbons (Fsp3) is 0.0588. The Bertz CT molecular complexity index is 804. The van der Waals surface area contributed by atoms with Crippen LogP contribution in [0.3, 0.4) is 0 Å². The van der Waals surface area contributed by atoms with Crippen molar-refractivity contribution in [1.29, 1.82) is 0 Å². The second-order valence-electron chi connectivity index (χ2n) is 4.77. The van der Waals surface area contributed by atoms with Gasteiger partial charge >= 0.3 is 0 Å². The molecule has 0 saturated carbocycles. The number of halogens is 2. The van der Waals surface area contributed by atoms with Crippen LogP contribution in [0.1, 0.15) is 5.56 Å². The first-order valence-corrected chi connectivity index (χ1v) is 6.91. The molecule has 2 N–H and O–H groups in total. The fourth-order valence-corrected chi connectivity index (χ4v) is 2.46. The Morgan fingerprint density at radius 2 is 1.76 bits per heavy atom. The zero-order chi connectivity index (χ0) is 14.8. The summed E-state index contributed by atoms with van der Waals surface area (Å²) in [6, 6.07) is 15.6. The lowest BCUT2D eigenvalue weighted by Gasteiger charge is -2.11. The molecule has 0 heterocycles. The largest absolute Gasteiger partial charge is 0.507 e. The molecule has 0 spiro atoms. The summed E-state index contributed by atoms with van der Waals surface area (Å²) in [5.41, 5.74) is 1.38. The van der Waals surface area contributed by atoms with E-state index in [1.165, 1.54) is 6.07 Å². The van der Waals surface area contributed by atoms with Crippen LogP contribution in [0.15, 0.2) is 54.6 Å². The Labute approximate surface area is 126 Å². The molecule has 3 rings (SSSR count). The normalized spacial score (nSPS) is 10.8. The van der Waals surface area contributed by atoms with Crippen LogP contribution in [-0.4, -0.2) is 5.11 Å².